The van der Waals surface area contributed by atoms with Gasteiger partial charge in [0.25, 0.3) is 0 Å². The van der Waals surface area contributed by atoms with Crippen molar-refractivity contribution in [3.05, 3.63) is 29.8 Å². The van der Waals surface area contributed by atoms with Crippen molar-refractivity contribution < 1.29 is 18.3 Å². The van der Waals surface area contributed by atoms with Crippen LogP contribution in [-0.2, 0) is 9.53 Å². The summed E-state index contributed by atoms with van der Waals surface area (Å²) in [5, 5.41) is 2.44. The average Bonchev–Trinajstić information content (AvgIpc) is 2.41. The van der Waals surface area contributed by atoms with Gasteiger partial charge in [0.15, 0.2) is 0 Å². The quantitative estimate of drug-likeness (QED) is 0.931. The molecule has 0 unspecified atom stereocenters. The summed E-state index contributed by atoms with van der Waals surface area (Å²) in [6.45, 7) is 6.89. The third kappa shape index (κ3) is 3.98. The van der Waals surface area contributed by atoms with Crippen LogP contribution in [0.2, 0.25) is 0 Å². The van der Waals surface area contributed by atoms with Gasteiger partial charge < -0.3 is 10.1 Å². The predicted molar refractivity (Wildman–Crippen MR) is 76.0 cm³/mol. The number of morpholine rings is 1. The van der Waals surface area contributed by atoms with E-state index in [0.29, 0.717) is 13.1 Å². The van der Waals surface area contributed by atoms with Gasteiger partial charge >= 0.3 is 0 Å². The molecule has 21 heavy (non-hydrogen) atoms. The molecule has 1 saturated heterocycles. The van der Waals surface area contributed by atoms with E-state index in [4.69, 9.17) is 4.74 Å². The Hall–Kier alpha value is -1.53. The highest BCUT2D eigenvalue weighted by atomic mass is 19.1. The van der Waals surface area contributed by atoms with E-state index in [1.165, 1.54) is 0 Å². The summed E-state index contributed by atoms with van der Waals surface area (Å²) in [6, 6.07) is 2.54. The average molecular weight is 298 g/mol. The van der Waals surface area contributed by atoms with Crippen molar-refractivity contribution in [1.82, 2.24) is 4.90 Å². The molecule has 4 nitrogen and oxygen atoms in total. The summed E-state index contributed by atoms with van der Waals surface area (Å²) in [5.41, 5.74) is -0.138. The summed E-state index contributed by atoms with van der Waals surface area (Å²) in [5.74, 6) is -1.60. The van der Waals surface area contributed by atoms with Crippen molar-refractivity contribution in [2.45, 2.75) is 39.0 Å². The number of anilines is 1. The second-order valence-electron chi connectivity index (χ2n) is 5.50. The zero-order valence-electron chi connectivity index (χ0n) is 12.4. The number of carbonyl (C=O) groups excluding carboxylic acids is 1. The van der Waals surface area contributed by atoms with E-state index in [1.807, 2.05) is 18.7 Å². The molecular weight excluding hydrogens is 278 g/mol. The van der Waals surface area contributed by atoms with Crippen LogP contribution in [0.5, 0.6) is 0 Å². The number of rotatable bonds is 3. The third-order valence-electron chi connectivity index (χ3n) is 3.56. The number of nitrogens with zero attached hydrogens (tertiary/aromatic N) is 1. The highest BCUT2D eigenvalue weighted by Gasteiger charge is 2.29. The van der Waals surface area contributed by atoms with Crippen molar-refractivity contribution >= 4 is 11.6 Å². The van der Waals surface area contributed by atoms with Crippen molar-refractivity contribution in [2.24, 2.45) is 0 Å². The van der Waals surface area contributed by atoms with Gasteiger partial charge in [-0.15, -0.1) is 0 Å². The summed E-state index contributed by atoms with van der Waals surface area (Å²) in [4.78, 5) is 14.2. The molecule has 1 aromatic rings. The lowest BCUT2D eigenvalue weighted by atomic mass is 10.1. The Kier molecular flexibility index (Phi) is 4.90. The highest BCUT2D eigenvalue weighted by Crippen LogP contribution is 2.18. The first-order valence-corrected chi connectivity index (χ1v) is 7.02. The molecule has 2 rings (SSSR count). The lowest BCUT2D eigenvalue weighted by Gasteiger charge is -2.38. The van der Waals surface area contributed by atoms with Gasteiger partial charge in [-0.05, 0) is 32.9 Å². The molecule has 1 aliphatic rings. The van der Waals surface area contributed by atoms with Gasteiger partial charge in [-0.2, -0.15) is 0 Å². The lowest BCUT2D eigenvalue weighted by molar-refractivity contribution is -0.126. The summed E-state index contributed by atoms with van der Waals surface area (Å²) in [7, 11) is 0. The Labute approximate surface area is 123 Å². The van der Waals surface area contributed by atoms with Crippen molar-refractivity contribution in [2.75, 3.05) is 18.4 Å². The minimum absolute atomic E-state index is 0.0369. The van der Waals surface area contributed by atoms with Crippen LogP contribution in [-0.4, -0.2) is 42.1 Å². The highest BCUT2D eigenvalue weighted by molar-refractivity contribution is 5.94. The predicted octanol–water partition coefficient (Wildman–Crippen LogP) is 2.40. The number of hydrogen-bond donors (Lipinski definition) is 1. The number of carbonyl (C=O) groups is 1. The van der Waals surface area contributed by atoms with E-state index in [-0.39, 0.29) is 23.8 Å². The molecule has 1 amide bonds. The van der Waals surface area contributed by atoms with Crippen molar-refractivity contribution in [1.29, 1.82) is 0 Å². The third-order valence-corrected chi connectivity index (χ3v) is 3.56. The maximum atomic E-state index is 13.5. The molecule has 1 heterocycles. The number of hydrogen-bond acceptors (Lipinski definition) is 3. The molecule has 1 aromatic carbocycles. The molecule has 0 radical (unpaired) electrons. The standard InChI is InChI=1S/C15H20F2N2O2/c1-9-7-19(8-10(2)21-9)11(3)15(20)18-14-6-12(16)4-5-13(14)17/h4-6,9-11H,7-8H2,1-3H3,(H,18,20)/t9-,10-,11-/m0/s1. The number of nitrogens with one attached hydrogen (secondary N) is 1. The zero-order valence-corrected chi connectivity index (χ0v) is 12.4. The minimum Gasteiger partial charge on any atom is -0.373 e. The maximum absolute atomic E-state index is 13.5. The molecule has 0 bridgehead atoms. The fourth-order valence-corrected chi connectivity index (χ4v) is 2.53. The SMILES string of the molecule is C[C@H]1CN([C@@H](C)C(=O)Nc2cc(F)ccc2F)C[C@H](C)O1. The fourth-order valence-electron chi connectivity index (χ4n) is 2.53. The van der Waals surface area contributed by atoms with Gasteiger partial charge in [0.1, 0.15) is 11.6 Å². The molecule has 0 spiro atoms. The molecule has 0 aliphatic carbocycles. The van der Waals surface area contributed by atoms with Crippen LogP contribution < -0.4 is 5.32 Å². The summed E-state index contributed by atoms with van der Waals surface area (Å²) >= 11 is 0. The second-order valence-corrected chi connectivity index (χ2v) is 5.50. The lowest BCUT2D eigenvalue weighted by Crippen LogP contribution is -2.52. The van der Waals surface area contributed by atoms with Crippen molar-refractivity contribution in [3.63, 3.8) is 0 Å². The first-order valence-electron chi connectivity index (χ1n) is 7.02. The second kappa shape index (κ2) is 6.49. The Morgan fingerprint density at radius 2 is 1.95 bits per heavy atom. The van der Waals surface area contributed by atoms with Gasteiger partial charge in [0.2, 0.25) is 5.91 Å². The Balaban J connectivity index is 2.04. The minimum atomic E-state index is -0.652. The Morgan fingerprint density at radius 1 is 1.33 bits per heavy atom. The molecule has 116 valence electrons. The van der Waals surface area contributed by atoms with Gasteiger partial charge in [-0.1, -0.05) is 0 Å². The topological polar surface area (TPSA) is 41.6 Å². The Bertz CT molecular complexity index is 514. The smallest absolute Gasteiger partial charge is 0.241 e. The van der Waals surface area contributed by atoms with E-state index in [1.54, 1.807) is 6.92 Å². The molecular formula is C15H20F2N2O2. The Morgan fingerprint density at radius 3 is 2.57 bits per heavy atom. The van der Waals surface area contributed by atoms with Crippen LogP contribution in [0.25, 0.3) is 0 Å². The van der Waals surface area contributed by atoms with Crippen LogP contribution >= 0.6 is 0 Å². The van der Waals surface area contributed by atoms with Crippen LogP contribution in [0.4, 0.5) is 14.5 Å². The number of benzene rings is 1. The van der Waals surface area contributed by atoms with Crippen LogP contribution in [0.1, 0.15) is 20.8 Å². The first-order chi connectivity index (χ1) is 9.86. The molecule has 0 aromatic heterocycles. The van der Waals surface area contributed by atoms with Crippen LogP contribution in [0.15, 0.2) is 18.2 Å². The van der Waals surface area contributed by atoms with Crippen molar-refractivity contribution in [3.8, 4) is 0 Å². The normalized spacial score (nSPS) is 24.6. The summed E-state index contributed by atoms with van der Waals surface area (Å²) < 4.78 is 32.3. The van der Waals surface area contributed by atoms with Gasteiger partial charge in [-0.3, -0.25) is 9.69 Å². The molecule has 0 saturated carbocycles. The monoisotopic (exact) mass is 298 g/mol. The van der Waals surface area contributed by atoms with E-state index < -0.39 is 17.7 Å². The molecule has 3 atom stereocenters. The molecule has 1 N–H and O–H groups in total. The largest absolute Gasteiger partial charge is 0.373 e. The maximum Gasteiger partial charge on any atom is 0.241 e. The van der Waals surface area contributed by atoms with Gasteiger partial charge in [0.05, 0.1) is 23.9 Å². The summed E-state index contributed by atoms with van der Waals surface area (Å²) in [6.07, 6.45) is 0.0739. The zero-order chi connectivity index (χ0) is 15.6. The number of ether oxygens (including phenoxy) is 1. The van der Waals surface area contributed by atoms with Gasteiger partial charge in [-0.25, -0.2) is 8.78 Å². The van der Waals surface area contributed by atoms with Crippen LogP contribution in [0, 0.1) is 11.6 Å². The number of halogens is 2. The van der Waals surface area contributed by atoms with E-state index in [0.717, 1.165) is 18.2 Å². The van der Waals surface area contributed by atoms with Gasteiger partial charge in [0, 0.05) is 19.2 Å². The van der Waals surface area contributed by atoms with E-state index in [9.17, 15) is 13.6 Å². The van der Waals surface area contributed by atoms with Crippen LogP contribution in [0.3, 0.4) is 0 Å². The van der Waals surface area contributed by atoms with E-state index in [2.05, 4.69) is 5.32 Å². The number of amides is 1. The molecule has 1 fully saturated rings. The molecule has 1 aliphatic heterocycles. The first kappa shape index (κ1) is 15.9. The fraction of sp³-hybridized carbons (Fsp3) is 0.533. The molecule has 6 heteroatoms. The van der Waals surface area contributed by atoms with E-state index >= 15 is 0 Å².